The van der Waals surface area contributed by atoms with Gasteiger partial charge < -0.3 is 15.4 Å². The summed E-state index contributed by atoms with van der Waals surface area (Å²) in [4.78, 5) is 4.14. The summed E-state index contributed by atoms with van der Waals surface area (Å²) >= 11 is 5.12. The first-order valence-electron chi connectivity index (χ1n) is 7.88. The number of hydrogen-bond donors (Lipinski definition) is 2. The number of anilines is 1. The summed E-state index contributed by atoms with van der Waals surface area (Å²) in [5.41, 5.74) is 0.710. The molecule has 138 valence electrons. The fourth-order valence-corrected chi connectivity index (χ4v) is 2.41. The minimum atomic E-state index is -0.754. The van der Waals surface area contributed by atoms with Crippen molar-refractivity contribution in [3.8, 4) is 11.6 Å². The van der Waals surface area contributed by atoms with Crippen LogP contribution in [0.3, 0.4) is 0 Å². The minimum absolute atomic E-state index is 0.0521. The van der Waals surface area contributed by atoms with E-state index in [2.05, 4.69) is 15.6 Å². The maximum absolute atomic E-state index is 13.7. The molecule has 0 atom stereocenters. The lowest BCUT2D eigenvalue weighted by Gasteiger charge is -2.13. The third-order valence-corrected chi connectivity index (χ3v) is 3.73. The van der Waals surface area contributed by atoms with Gasteiger partial charge in [-0.2, -0.15) is 0 Å². The molecule has 0 spiro atoms. The van der Waals surface area contributed by atoms with Crippen LogP contribution in [0.5, 0.6) is 11.6 Å². The molecule has 0 aliphatic carbocycles. The lowest BCUT2D eigenvalue weighted by atomic mass is 10.2. The van der Waals surface area contributed by atoms with Crippen LogP contribution in [0.4, 0.5) is 18.9 Å². The predicted octanol–water partition coefficient (Wildman–Crippen LogP) is 4.78. The van der Waals surface area contributed by atoms with E-state index in [-0.39, 0.29) is 23.2 Å². The van der Waals surface area contributed by atoms with E-state index in [4.69, 9.17) is 17.0 Å². The number of benzene rings is 2. The lowest BCUT2D eigenvalue weighted by Crippen LogP contribution is -2.28. The van der Waals surface area contributed by atoms with E-state index >= 15 is 0 Å². The second-order valence-electron chi connectivity index (χ2n) is 5.46. The highest BCUT2D eigenvalue weighted by Gasteiger charge is 2.09. The van der Waals surface area contributed by atoms with Crippen molar-refractivity contribution in [1.82, 2.24) is 10.3 Å². The first-order valence-corrected chi connectivity index (χ1v) is 8.29. The minimum Gasteiger partial charge on any atom is -0.439 e. The van der Waals surface area contributed by atoms with Gasteiger partial charge in [-0.25, -0.2) is 18.2 Å². The summed E-state index contributed by atoms with van der Waals surface area (Å²) in [5, 5.41) is 5.68. The zero-order chi connectivity index (χ0) is 19.2. The van der Waals surface area contributed by atoms with Gasteiger partial charge in [-0.15, -0.1) is 0 Å². The topological polar surface area (TPSA) is 46.2 Å². The SMILES string of the molecule is Fc1cccc(Oc2ncccc2CNC(=S)Nc2ccc(F)cc2F)c1. The van der Waals surface area contributed by atoms with E-state index in [9.17, 15) is 13.2 Å². The normalized spacial score (nSPS) is 10.3. The fourth-order valence-electron chi connectivity index (χ4n) is 2.23. The Bertz CT molecular complexity index is 968. The van der Waals surface area contributed by atoms with Gasteiger partial charge in [-0.3, -0.25) is 0 Å². The zero-order valence-electron chi connectivity index (χ0n) is 13.9. The van der Waals surface area contributed by atoms with Gasteiger partial charge in [0, 0.05) is 30.4 Å². The molecule has 8 heteroatoms. The molecule has 3 rings (SSSR count). The molecule has 0 amide bonds. The van der Waals surface area contributed by atoms with Crippen molar-refractivity contribution in [2.45, 2.75) is 6.54 Å². The molecule has 3 aromatic rings. The quantitative estimate of drug-likeness (QED) is 0.615. The summed E-state index contributed by atoms with van der Waals surface area (Å²) in [7, 11) is 0. The molecule has 0 aliphatic heterocycles. The van der Waals surface area contributed by atoms with E-state index < -0.39 is 17.5 Å². The van der Waals surface area contributed by atoms with Crippen molar-refractivity contribution in [2.24, 2.45) is 0 Å². The third kappa shape index (κ3) is 5.18. The van der Waals surface area contributed by atoms with Crippen molar-refractivity contribution in [1.29, 1.82) is 0 Å². The highest BCUT2D eigenvalue weighted by molar-refractivity contribution is 7.80. The molecule has 1 heterocycles. The lowest BCUT2D eigenvalue weighted by molar-refractivity contribution is 0.451. The molecule has 0 saturated heterocycles. The number of ether oxygens (including phenoxy) is 1. The molecular weight excluding hydrogens is 375 g/mol. The molecule has 2 N–H and O–H groups in total. The highest BCUT2D eigenvalue weighted by atomic mass is 32.1. The number of hydrogen-bond acceptors (Lipinski definition) is 3. The van der Waals surface area contributed by atoms with Crippen LogP contribution >= 0.6 is 12.2 Å². The average molecular weight is 389 g/mol. The number of thiocarbonyl (C=S) groups is 1. The van der Waals surface area contributed by atoms with Gasteiger partial charge in [0.2, 0.25) is 5.88 Å². The van der Waals surface area contributed by atoms with Crippen LogP contribution in [-0.2, 0) is 6.54 Å². The Labute approximate surface area is 159 Å². The van der Waals surface area contributed by atoms with Gasteiger partial charge in [0.1, 0.15) is 23.2 Å². The van der Waals surface area contributed by atoms with Crippen molar-refractivity contribution in [3.05, 3.63) is 83.8 Å². The second kappa shape index (κ2) is 8.50. The van der Waals surface area contributed by atoms with Crippen LogP contribution < -0.4 is 15.4 Å². The summed E-state index contributed by atoms with van der Waals surface area (Å²) in [6.07, 6.45) is 1.54. The maximum atomic E-state index is 13.7. The van der Waals surface area contributed by atoms with Gasteiger partial charge >= 0.3 is 0 Å². The maximum Gasteiger partial charge on any atom is 0.224 e. The van der Waals surface area contributed by atoms with E-state index in [0.717, 1.165) is 12.1 Å². The van der Waals surface area contributed by atoms with Gasteiger partial charge in [0.15, 0.2) is 5.11 Å². The Hall–Kier alpha value is -3.13. The van der Waals surface area contributed by atoms with Crippen LogP contribution in [0, 0.1) is 17.5 Å². The zero-order valence-corrected chi connectivity index (χ0v) is 14.7. The summed E-state index contributed by atoms with van der Waals surface area (Å²) in [6, 6.07) is 12.3. The molecule has 2 aromatic carbocycles. The largest absolute Gasteiger partial charge is 0.439 e. The van der Waals surface area contributed by atoms with E-state index in [1.54, 1.807) is 24.4 Å². The molecule has 0 fully saturated rings. The molecular formula is C19H14F3N3OS. The van der Waals surface area contributed by atoms with E-state index in [0.29, 0.717) is 11.3 Å². The predicted molar refractivity (Wildman–Crippen MR) is 100 cm³/mol. The molecule has 0 bridgehead atoms. The van der Waals surface area contributed by atoms with Crippen LogP contribution in [-0.4, -0.2) is 10.1 Å². The highest BCUT2D eigenvalue weighted by Crippen LogP contribution is 2.23. The van der Waals surface area contributed by atoms with E-state index in [1.807, 2.05) is 0 Å². The van der Waals surface area contributed by atoms with Crippen LogP contribution in [0.15, 0.2) is 60.8 Å². The van der Waals surface area contributed by atoms with Crippen molar-refractivity contribution in [3.63, 3.8) is 0 Å². The third-order valence-electron chi connectivity index (χ3n) is 3.48. The second-order valence-corrected chi connectivity index (χ2v) is 5.87. The molecule has 1 aromatic heterocycles. The molecule has 0 radical (unpaired) electrons. The summed E-state index contributed by atoms with van der Waals surface area (Å²) in [5.74, 6) is -1.26. The van der Waals surface area contributed by atoms with Gasteiger partial charge in [-0.1, -0.05) is 12.1 Å². The Morgan fingerprint density at radius 1 is 1.00 bits per heavy atom. The van der Waals surface area contributed by atoms with Crippen molar-refractivity contribution >= 4 is 23.0 Å². The Morgan fingerprint density at radius 3 is 2.59 bits per heavy atom. The molecule has 27 heavy (non-hydrogen) atoms. The Morgan fingerprint density at radius 2 is 1.81 bits per heavy atom. The van der Waals surface area contributed by atoms with Crippen molar-refractivity contribution in [2.75, 3.05) is 5.32 Å². The number of aromatic nitrogens is 1. The fraction of sp³-hybridized carbons (Fsp3) is 0.0526. The van der Waals surface area contributed by atoms with Crippen LogP contribution in [0.25, 0.3) is 0 Å². The van der Waals surface area contributed by atoms with Gasteiger partial charge in [0.05, 0.1) is 5.69 Å². The standard InChI is InChI=1S/C19H14F3N3OS/c20-13-4-1-5-15(9-13)26-18-12(3-2-8-23-18)11-24-19(27)25-17-7-6-14(21)10-16(17)22/h1-10H,11H2,(H2,24,25,27). The number of halogens is 3. The molecule has 0 aliphatic rings. The summed E-state index contributed by atoms with van der Waals surface area (Å²) < 4.78 is 45.5. The van der Waals surface area contributed by atoms with E-state index in [1.165, 1.54) is 24.3 Å². The average Bonchev–Trinajstić information content (AvgIpc) is 2.63. The molecule has 4 nitrogen and oxygen atoms in total. The number of nitrogens with zero attached hydrogens (tertiary/aromatic N) is 1. The first kappa shape index (κ1) is 18.7. The van der Waals surface area contributed by atoms with Crippen molar-refractivity contribution < 1.29 is 17.9 Å². The van der Waals surface area contributed by atoms with Crippen LogP contribution in [0.1, 0.15) is 5.56 Å². The molecule has 0 unspecified atom stereocenters. The molecule has 0 saturated carbocycles. The smallest absolute Gasteiger partial charge is 0.224 e. The van der Waals surface area contributed by atoms with Gasteiger partial charge in [-0.05, 0) is 42.5 Å². The Kier molecular flexibility index (Phi) is 5.87. The number of nitrogens with one attached hydrogen (secondary N) is 2. The van der Waals surface area contributed by atoms with Crippen LogP contribution in [0.2, 0.25) is 0 Å². The first-order chi connectivity index (χ1) is 13.0. The summed E-state index contributed by atoms with van der Waals surface area (Å²) in [6.45, 7) is 0.229. The number of rotatable bonds is 5. The Balaban J connectivity index is 1.65. The monoisotopic (exact) mass is 389 g/mol. The number of pyridine rings is 1. The van der Waals surface area contributed by atoms with Gasteiger partial charge in [0.25, 0.3) is 0 Å².